The molecule has 0 bridgehead atoms. The second-order valence-electron chi connectivity index (χ2n) is 6.79. The normalized spacial score (nSPS) is 18.9. The van der Waals surface area contributed by atoms with Crippen LogP contribution in [0.1, 0.15) is 30.0 Å². The van der Waals surface area contributed by atoms with E-state index < -0.39 is 0 Å². The number of methoxy groups -OCH3 is 2. The zero-order chi connectivity index (χ0) is 19.2. The molecule has 1 amide bonds. The van der Waals surface area contributed by atoms with E-state index in [0.29, 0.717) is 18.1 Å². The monoisotopic (exact) mass is 389 g/mol. The van der Waals surface area contributed by atoms with Crippen LogP contribution in [-0.2, 0) is 11.3 Å². The van der Waals surface area contributed by atoms with Gasteiger partial charge in [-0.2, -0.15) is 0 Å². The van der Waals surface area contributed by atoms with E-state index in [9.17, 15) is 4.79 Å². The van der Waals surface area contributed by atoms with E-state index in [4.69, 9.17) is 21.1 Å². The number of hydrogen-bond donors (Lipinski definition) is 2. The Labute approximate surface area is 165 Å². The fraction of sp³-hybridized carbons (Fsp3) is 0.381. The SMILES string of the molecule is COc1ccc([C@H]2CCC[NH+]2CC(=O)NCc2ccc(Cl)cc2)c(OC)c1. The predicted octanol–water partition coefficient (Wildman–Crippen LogP) is 2.39. The molecule has 1 heterocycles. The number of ether oxygens (including phenoxy) is 2. The summed E-state index contributed by atoms with van der Waals surface area (Å²) in [4.78, 5) is 13.7. The van der Waals surface area contributed by atoms with Gasteiger partial charge in [-0.1, -0.05) is 23.7 Å². The molecule has 6 heteroatoms. The van der Waals surface area contributed by atoms with Gasteiger partial charge in [-0.3, -0.25) is 4.79 Å². The lowest BCUT2D eigenvalue weighted by Gasteiger charge is -2.23. The maximum Gasteiger partial charge on any atom is 0.275 e. The highest BCUT2D eigenvalue weighted by Gasteiger charge is 2.33. The van der Waals surface area contributed by atoms with Crippen LogP contribution in [0.2, 0.25) is 5.02 Å². The number of rotatable bonds is 7. The number of benzene rings is 2. The minimum atomic E-state index is 0.0549. The Balaban J connectivity index is 1.62. The number of carbonyl (C=O) groups excluding carboxylic acids is 1. The second kappa shape index (κ2) is 9.11. The van der Waals surface area contributed by atoms with E-state index >= 15 is 0 Å². The van der Waals surface area contributed by atoms with Crippen molar-refractivity contribution >= 4 is 17.5 Å². The van der Waals surface area contributed by atoms with Crippen LogP contribution in [0.25, 0.3) is 0 Å². The van der Waals surface area contributed by atoms with Crippen molar-refractivity contribution in [3.05, 3.63) is 58.6 Å². The molecule has 0 spiro atoms. The fourth-order valence-corrected chi connectivity index (χ4v) is 3.80. The first kappa shape index (κ1) is 19.5. The highest BCUT2D eigenvalue weighted by atomic mass is 35.5. The molecule has 2 atom stereocenters. The lowest BCUT2D eigenvalue weighted by atomic mass is 10.0. The summed E-state index contributed by atoms with van der Waals surface area (Å²) in [5, 5.41) is 3.71. The standard InChI is InChI=1S/C21H25ClN2O3/c1-26-17-9-10-18(20(12-17)27-2)19-4-3-11-24(19)14-21(25)23-13-15-5-7-16(22)8-6-15/h5-10,12,19H,3-4,11,13-14H2,1-2H3,(H,23,25)/p+1/t19-/m1/s1. The Bertz CT molecular complexity index is 779. The summed E-state index contributed by atoms with van der Waals surface area (Å²) in [6, 6.07) is 13.7. The Morgan fingerprint density at radius 2 is 1.96 bits per heavy atom. The van der Waals surface area contributed by atoms with E-state index in [-0.39, 0.29) is 11.9 Å². The van der Waals surface area contributed by atoms with Crippen LogP contribution in [0.15, 0.2) is 42.5 Å². The van der Waals surface area contributed by atoms with Gasteiger partial charge in [0.15, 0.2) is 6.54 Å². The van der Waals surface area contributed by atoms with Gasteiger partial charge in [0.05, 0.1) is 26.3 Å². The fourth-order valence-electron chi connectivity index (χ4n) is 3.68. The predicted molar refractivity (Wildman–Crippen MR) is 106 cm³/mol. The molecule has 144 valence electrons. The van der Waals surface area contributed by atoms with Crippen molar-refractivity contribution in [1.82, 2.24) is 5.32 Å². The third-order valence-corrected chi connectivity index (χ3v) is 5.34. The third-order valence-electron chi connectivity index (χ3n) is 5.09. The Morgan fingerprint density at radius 1 is 1.19 bits per heavy atom. The molecule has 1 saturated heterocycles. The van der Waals surface area contributed by atoms with Crippen molar-refractivity contribution in [3.63, 3.8) is 0 Å². The topological polar surface area (TPSA) is 52.0 Å². The van der Waals surface area contributed by atoms with Crippen LogP contribution in [0.4, 0.5) is 0 Å². The van der Waals surface area contributed by atoms with E-state index in [1.807, 2.05) is 36.4 Å². The molecule has 5 nitrogen and oxygen atoms in total. The van der Waals surface area contributed by atoms with Crippen molar-refractivity contribution in [2.24, 2.45) is 0 Å². The molecule has 3 rings (SSSR count). The first-order valence-electron chi connectivity index (χ1n) is 9.18. The van der Waals surface area contributed by atoms with E-state index in [1.165, 1.54) is 4.90 Å². The van der Waals surface area contributed by atoms with Crippen molar-refractivity contribution in [2.45, 2.75) is 25.4 Å². The van der Waals surface area contributed by atoms with Crippen molar-refractivity contribution in [3.8, 4) is 11.5 Å². The van der Waals surface area contributed by atoms with Gasteiger partial charge >= 0.3 is 0 Å². The molecule has 1 aliphatic rings. The van der Waals surface area contributed by atoms with Crippen LogP contribution in [0, 0.1) is 0 Å². The highest BCUT2D eigenvalue weighted by molar-refractivity contribution is 6.30. The van der Waals surface area contributed by atoms with Crippen LogP contribution in [-0.4, -0.2) is 33.2 Å². The molecule has 0 aliphatic carbocycles. The zero-order valence-corrected chi connectivity index (χ0v) is 16.5. The van der Waals surface area contributed by atoms with Gasteiger partial charge in [-0.05, 0) is 29.8 Å². The Kier molecular flexibility index (Phi) is 6.58. The van der Waals surface area contributed by atoms with E-state index in [1.54, 1.807) is 14.2 Å². The van der Waals surface area contributed by atoms with Crippen LogP contribution in [0.3, 0.4) is 0 Å². The molecule has 1 fully saturated rings. The van der Waals surface area contributed by atoms with Gasteiger partial charge in [0.2, 0.25) is 0 Å². The number of halogens is 1. The molecule has 2 aromatic rings. The number of quaternary nitrogens is 1. The minimum Gasteiger partial charge on any atom is -0.497 e. The maximum absolute atomic E-state index is 12.5. The van der Waals surface area contributed by atoms with Gasteiger partial charge in [0.25, 0.3) is 5.91 Å². The summed E-state index contributed by atoms with van der Waals surface area (Å²) in [6.45, 7) is 1.95. The smallest absolute Gasteiger partial charge is 0.275 e. The molecule has 2 N–H and O–H groups in total. The summed E-state index contributed by atoms with van der Waals surface area (Å²) >= 11 is 5.90. The highest BCUT2D eigenvalue weighted by Crippen LogP contribution is 2.31. The summed E-state index contributed by atoms with van der Waals surface area (Å²) < 4.78 is 10.9. The van der Waals surface area contributed by atoms with Gasteiger partial charge in [-0.25, -0.2) is 0 Å². The first-order valence-corrected chi connectivity index (χ1v) is 9.56. The zero-order valence-electron chi connectivity index (χ0n) is 15.8. The molecule has 2 aromatic carbocycles. The number of likely N-dealkylation sites (tertiary alicyclic amines) is 1. The molecule has 1 aliphatic heterocycles. The van der Waals surface area contributed by atoms with E-state index in [2.05, 4.69) is 11.4 Å². The van der Waals surface area contributed by atoms with Crippen molar-refractivity contribution in [1.29, 1.82) is 0 Å². The molecule has 0 aromatic heterocycles. The van der Waals surface area contributed by atoms with Crippen LogP contribution in [0.5, 0.6) is 11.5 Å². The molecule has 0 radical (unpaired) electrons. The Morgan fingerprint density at radius 3 is 2.67 bits per heavy atom. The molecular weight excluding hydrogens is 364 g/mol. The third kappa shape index (κ3) is 4.93. The van der Waals surface area contributed by atoms with Crippen molar-refractivity contribution in [2.75, 3.05) is 27.3 Å². The quantitative estimate of drug-likeness (QED) is 0.764. The van der Waals surface area contributed by atoms with Crippen molar-refractivity contribution < 1.29 is 19.2 Å². The summed E-state index contributed by atoms with van der Waals surface area (Å²) in [5.41, 5.74) is 2.17. The maximum atomic E-state index is 12.5. The summed E-state index contributed by atoms with van der Waals surface area (Å²) in [5.74, 6) is 1.65. The number of carbonyl (C=O) groups is 1. The summed E-state index contributed by atoms with van der Waals surface area (Å²) in [6.07, 6.45) is 2.14. The second-order valence-corrected chi connectivity index (χ2v) is 7.23. The summed E-state index contributed by atoms with van der Waals surface area (Å²) in [7, 11) is 3.32. The lowest BCUT2D eigenvalue weighted by Crippen LogP contribution is -3.11. The van der Waals surface area contributed by atoms with Crippen LogP contribution >= 0.6 is 11.6 Å². The molecular formula is C21H26ClN2O3+. The van der Waals surface area contributed by atoms with E-state index in [0.717, 1.165) is 42.0 Å². The first-order chi connectivity index (χ1) is 13.1. The van der Waals surface area contributed by atoms with Crippen LogP contribution < -0.4 is 19.7 Å². The number of hydrogen-bond acceptors (Lipinski definition) is 3. The minimum absolute atomic E-state index is 0.0549. The molecule has 27 heavy (non-hydrogen) atoms. The van der Waals surface area contributed by atoms with Gasteiger partial charge in [-0.15, -0.1) is 0 Å². The molecule has 1 unspecified atom stereocenters. The number of amides is 1. The lowest BCUT2D eigenvalue weighted by molar-refractivity contribution is -0.910. The Hall–Kier alpha value is -2.24. The average molecular weight is 390 g/mol. The largest absolute Gasteiger partial charge is 0.497 e. The van der Waals surface area contributed by atoms with Gasteiger partial charge in [0, 0.05) is 30.5 Å². The molecule has 0 saturated carbocycles. The van der Waals surface area contributed by atoms with Gasteiger partial charge < -0.3 is 19.7 Å². The van der Waals surface area contributed by atoms with Gasteiger partial charge in [0.1, 0.15) is 17.5 Å². The number of nitrogens with one attached hydrogen (secondary N) is 2. The average Bonchev–Trinajstić information content (AvgIpc) is 3.14.